The molecule has 1 amide bonds. The average molecular weight is 416 g/mol. The number of imidazole rings is 1. The lowest BCUT2D eigenvalue weighted by Gasteiger charge is -2.27. The molecule has 152 valence electrons. The molecular weight excluding hydrogens is 394 g/mol. The Bertz CT molecular complexity index is 1070. The van der Waals surface area contributed by atoms with Crippen molar-refractivity contribution in [1.29, 1.82) is 0 Å². The summed E-state index contributed by atoms with van der Waals surface area (Å²) in [6.07, 6.45) is 0.0315. The van der Waals surface area contributed by atoms with Gasteiger partial charge >= 0.3 is 0 Å². The number of hydrogen-bond acceptors (Lipinski definition) is 6. The van der Waals surface area contributed by atoms with Crippen molar-refractivity contribution in [2.75, 3.05) is 6.54 Å². The van der Waals surface area contributed by atoms with Gasteiger partial charge in [-0.2, -0.15) is 4.98 Å². The predicted octanol–water partition coefficient (Wildman–Crippen LogP) is 3.71. The summed E-state index contributed by atoms with van der Waals surface area (Å²) in [5.74, 6) is 2.24. The molecule has 29 heavy (non-hydrogen) atoms. The number of rotatable bonds is 4. The van der Waals surface area contributed by atoms with Crippen LogP contribution in [0.2, 0.25) is 5.02 Å². The molecule has 0 spiro atoms. The first-order valence-corrected chi connectivity index (χ1v) is 9.83. The fourth-order valence-corrected chi connectivity index (χ4v) is 3.60. The summed E-state index contributed by atoms with van der Waals surface area (Å²) >= 11 is 6.32. The van der Waals surface area contributed by atoms with Crippen LogP contribution in [0.4, 0.5) is 0 Å². The molecule has 0 bridgehead atoms. The van der Waals surface area contributed by atoms with E-state index in [2.05, 4.69) is 19.7 Å². The smallest absolute Gasteiger partial charge is 0.278 e. The molecule has 0 saturated carbocycles. The highest BCUT2D eigenvalue weighted by Crippen LogP contribution is 2.32. The third-order valence-corrected chi connectivity index (χ3v) is 5.15. The number of hydrogen-bond donors (Lipinski definition) is 0. The average Bonchev–Trinajstić information content (AvgIpc) is 3.28. The molecule has 1 aromatic carbocycles. The molecule has 0 radical (unpaired) electrons. The van der Waals surface area contributed by atoms with Crippen molar-refractivity contribution in [2.24, 2.45) is 0 Å². The molecule has 0 unspecified atom stereocenters. The largest absolute Gasteiger partial charge is 0.489 e. The van der Waals surface area contributed by atoms with E-state index in [0.717, 1.165) is 17.1 Å². The molecule has 0 atom stereocenters. The highest BCUT2D eigenvalue weighted by atomic mass is 35.5. The fourth-order valence-electron chi connectivity index (χ4n) is 3.38. The van der Waals surface area contributed by atoms with Gasteiger partial charge in [0.1, 0.15) is 17.3 Å². The third kappa shape index (κ3) is 3.72. The Morgan fingerprint density at radius 2 is 2.07 bits per heavy atom. The second kappa shape index (κ2) is 7.51. The molecule has 0 fully saturated rings. The van der Waals surface area contributed by atoms with E-state index < -0.39 is 0 Å². The minimum absolute atomic E-state index is 0.0315. The van der Waals surface area contributed by atoms with Crippen LogP contribution in [0.25, 0.3) is 23.0 Å². The van der Waals surface area contributed by atoms with Gasteiger partial charge in [0.05, 0.1) is 17.7 Å². The number of benzene rings is 1. The van der Waals surface area contributed by atoms with E-state index in [1.165, 1.54) is 0 Å². The van der Waals surface area contributed by atoms with Gasteiger partial charge in [-0.05, 0) is 39.0 Å². The highest BCUT2D eigenvalue weighted by molar-refractivity contribution is 6.32. The molecule has 8 nitrogen and oxygen atoms in total. The van der Waals surface area contributed by atoms with Crippen molar-refractivity contribution < 1.29 is 14.1 Å². The van der Waals surface area contributed by atoms with E-state index in [4.69, 9.17) is 20.9 Å². The Balaban J connectivity index is 1.62. The molecule has 0 saturated heterocycles. The van der Waals surface area contributed by atoms with Crippen LogP contribution in [-0.2, 0) is 17.9 Å². The summed E-state index contributed by atoms with van der Waals surface area (Å²) in [7, 11) is 0. The van der Waals surface area contributed by atoms with Crippen molar-refractivity contribution in [3.8, 4) is 28.7 Å². The summed E-state index contributed by atoms with van der Waals surface area (Å²) < 4.78 is 13.2. The lowest BCUT2D eigenvalue weighted by atomic mass is 10.2. The maximum Gasteiger partial charge on any atom is 0.278 e. The Hall–Kier alpha value is -2.87. The fraction of sp³-hybridized carbons (Fsp3) is 0.400. The second-order valence-electron chi connectivity index (χ2n) is 7.29. The van der Waals surface area contributed by atoms with Crippen LogP contribution in [0, 0.1) is 6.92 Å². The number of nitrogens with zero attached hydrogens (tertiary/aromatic N) is 5. The molecule has 1 aliphatic heterocycles. The second-order valence-corrected chi connectivity index (χ2v) is 7.70. The van der Waals surface area contributed by atoms with Crippen LogP contribution in [0.3, 0.4) is 0 Å². The van der Waals surface area contributed by atoms with Crippen molar-refractivity contribution in [3.05, 3.63) is 34.7 Å². The zero-order valence-electron chi connectivity index (χ0n) is 16.8. The SMILES string of the molecule is CC(=O)N1CCn2c(nc(-c3nc(-c4ccc(OC(C)C)c(Cl)c4)no3)c2C)C1. The normalized spacial score (nSPS) is 13.7. The van der Waals surface area contributed by atoms with E-state index in [-0.39, 0.29) is 12.0 Å². The van der Waals surface area contributed by atoms with Crippen LogP contribution in [-0.4, -0.2) is 43.1 Å². The molecule has 0 aliphatic carbocycles. The predicted molar refractivity (Wildman–Crippen MR) is 108 cm³/mol. The number of amides is 1. The van der Waals surface area contributed by atoms with E-state index in [1.807, 2.05) is 26.8 Å². The molecular formula is C20H22ClN5O3. The van der Waals surface area contributed by atoms with Crippen LogP contribution < -0.4 is 4.74 Å². The maximum atomic E-state index is 11.7. The number of carbonyl (C=O) groups is 1. The van der Waals surface area contributed by atoms with E-state index in [9.17, 15) is 4.79 Å². The first-order valence-electron chi connectivity index (χ1n) is 9.45. The minimum Gasteiger partial charge on any atom is -0.489 e. The zero-order valence-corrected chi connectivity index (χ0v) is 17.5. The Labute approximate surface area is 173 Å². The molecule has 3 heterocycles. The lowest BCUT2D eigenvalue weighted by Crippen LogP contribution is -2.37. The van der Waals surface area contributed by atoms with Gasteiger partial charge in [-0.1, -0.05) is 16.8 Å². The summed E-state index contributed by atoms with van der Waals surface area (Å²) in [6.45, 7) is 9.26. The molecule has 0 N–H and O–H groups in total. The molecule has 9 heteroatoms. The maximum absolute atomic E-state index is 11.7. The van der Waals surface area contributed by atoms with Crippen molar-refractivity contribution in [2.45, 2.75) is 46.9 Å². The summed E-state index contributed by atoms with van der Waals surface area (Å²) in [5.41, 5.74) is 2.30. The van der Waals surface area contributed by atoms with Crippen LogP contribution in [0.5, 0.6) is 5.75 Å². The van der Waals surface area contributed by atoms with E-state index >= 15 is 0 Å². The van der Waals surface area contributed by atoms with Crippen LogP contribution >= 0.6 is 11.6 Å². The van der Waals surface area contributed by atoms with Crippen molar-refractivity contribution in [1.82, 2.24) is 24.6 Å². The van der Waals surface area contributed by atoms with E-state index in [1.54, 1.807) is 24.0 Å². The molecule has 2 aromatic heterocycles. The topological polar surface area (TPSA) is 86.3 Å². The van der Waals surface area contributed by atoms with Gasteiger partial charge in [-0.3, -0.25) is 4.79 Å². The standard InChI is InChI=1S/C20H22ClN5O3/c1-11(2)28-16-6-5-14(9-15(16)21)19-23-20(29-24-19)18-12(3)26-8-7-25(13(4)27)10-17(26)22-18/h5-6,9,11H,7-8,10H2,1-4H3. The Morgan fingerprint density at radius 1 is 1.28 bits per heavy atom. The van der Waals surface area contributed by atoms with Gasteiger partial charge < -0.3 is 18.7 Å². The quantitative estimate of drug-likeness (QED) is 0.645. The lowest BCUT2D eigenvalue weighted by molar-refractivity contribution is -0.130. The van der Waals surface area contributed by atoms with Crippen molar-refractivity contribution in [3.63, 3.8) is 0 Å². The van der Waals surface area contributed by atoms with Gasteiger partial charge in [-0.25, -0.2) is 4.98 Å². The number of halogens is 1. The number of aromatic nitrogens is 4. The summed E-state index contributed by atoms with van der Waals surface area (Å²) in [5, 5.41) is 4.57. The monoisotopic (exact) mass is 415 g/mol. The number of ether oxygens (including phenoxy) is 1. The number of fused-ring (bicyclic) bond motifs is 1. The third-order valence-electron chi connectivity index (χ3n) is 4.85. The first kappa shape index (κ1) is 19.4. The van der Waals surface area contributed by atoms with Gasteiger partial charge in [0, 0.05) is 31.3 Å². The summed E-state index contributed by atoms with van der Waals surface area (Å²) in [4.78, 5) is 22.6. The Morgan fingerprint density at radius 3 is 2.76 bits per heavy atom. The van der Waals surface area contributed by atoms with Gasteiger partial charge in [0.25, 0.3) is 5.89 Å². The highest BCUT2D eigenvalue weighted by Gasteiger charge is 2.26. The summed E-state index contributed by atoms with van der Waals surface area (Å²) in [6, 6.07) is 5.39. The zero-order chi connectivity index (χ0) is 20.7. The van der Waals surface area contributed by atoms with E-state index in [0.29, 0.717) is 47.8 Å². The van der Waals surface area contributed by atoms with Gasteiger partial charge in [-0.15, -0.1) is 0 Å². The van der Waals surface area contributed by atoms with Crippen LogP contribution in [0.1, 0.15) is 32.3 Å². The minimum atomic E-state index is 0.0315. The Kier molecular flexibility index (Phi) is 5.04. The molecule has 3 aromatic rings. The molecule has 4 rings (SSSR count). The van der Waals surface area contributed by atoms with Gasteiger partial charge in [0.2, 0.25) is 11.7 Å². The van der Waals surface area contributed by atoms with Gasteiger partial charge in [0.15, 0.2) is 0 Å². The molecule has 1 aliphatic rings. The first-order chi connectivity index (χ1) is 13.8. The number of carbonyl (C=O) groups excluding carboxylic acids is 1. The van der Waals surface area contributed by atoms with Crippen LogP contribution in [0.15, 0.2) is 22.7 Å². The van der Waals surface area contributed by atoms with Crippen molar-refractivity contribution >= 4 is 17.5 Å².